The number of nitrogens with two attached hydrogens (primary N) is 1. The number of primary amides is 1. The van der Waals surface area contributed by atoms with Crippen molar-refractivity contribution < 1.29 is 26.8 Å². The molecule has 8 nitrogen and oxygen atoms in total. The number of carbonyl (C=O) groups excluding carboxylic acids is 2. The topological polar surface area (TPSA) is 113 Å². The number of carbonyl (C=O) groups is 2. The van der Waals surface area contributed by atoms with E-state index >= 15 is 0 Å². The van der Waals surface area contributed by atoms with Gasteiger partial charge in [0.25, 0.3) is 0 Å². The van der Waals surface area contributed by atoms with Crippen LogP contribution in [0.25, 0.3) is 0 Å². The summed E-state index contributed by atoms with van der Waals surface area (Å²) < 4.78 is 56.0. The minimum Gasteiger partial charge on any atom is -0.361 e. The van der Waals surface area contributed by atoms with Gasteiger partial charge in [-0.25, -0.2) is 17.2 Å². The van der Waals surface area contributed by atoms with Crippen molar-refractivity contribution >= 4 is 50.7 Å². The fourth-order valence-corrected chi connectivity index (χ4v) is 6.32. The summed E-state index contributed by atoms with van der Waals surface area (Å²) in [6.07, 6.45) is 0. The molecule has 1 heterocycles. The Balaban J connectivity index is 1.62. The number of halogens is 4. The lowest BCUT2D eigenvalue weighted by atomic mass is 9.93. The Hall–Kier alpha value is -3.25. The number of anilines is 1. The Labute approximate surface area is 234 Å². The van der Waals surface area contributed by atoms with Gasteiger partial charge in [0.2, 0.25) is 10.0 Å². The molecule has 0 aliphatic carbocycles. The molecule has 206 valence electrons. The fraction of sp³-hybridized carbons (Fsp3) is 0.231. The first kappa shape index (κ1) is 28.8. The third-order valence-corrected chi connectivity index (χ3v) is 8.56. The maximum absolute atomic E-state index is 14.1. The maximum atomic E-state index is 14.1. The molecule has 3 aromatic rings. The van der Waals surface area contributed by atoms with Gasteiger partial charge in [0, 0.05) is 35.7 Å². The predicted octanol–water partition coefficient (Wildman–Crippen LogP) is 3.48. The van der Waals surface area contributed by atoms with Crippen LogP contribution in [-0.2, 0) is 19.6 Å². The van der Waals surface area contributed by atoms with Crippen LogP contribution in [0.15, 0.2) is 66.7 Å². The lowest BCUT2D eigenvalue weighted by molar-refractivity contribution is -0.137. The summed E-state index contributed by atoms with van der Waals surface area (Å²) in [4.78, 5) is 24.5. The summed E-state index contributed by atoms with van der Waals surface area (Å²) >= 11 is 12.2. The molecule has 1 fully saturated rings. The zero-order chi connectivity index (χ0) is 28.3. The Kier molecular flexibility index (Phi) is 8.75. The van der Waals surface area contributed by atoms with Crippen LogP contribution in [0.3, 0.4) is 0 Å². The molecule has 1 saturated heterocycles. The molecule has 3 N–H and O–H groups in total. The van der Waals surface area contributed by atoms with Crippen LogP contribution >= 0.6 is 23.2 Å². The minimum absolute atomic E-state index is 0.187. The third-order valence-electron chi connectivity index (χ3n) is 6.23. The standard InChI is InChI=1S/C26H24Cl2F2N4O4S/c27-18-5-1-16(2-6-18)24(17-3-7-19(28)8-4-17)33-14-23(15-33)34(22-12-20(29)11-21(30)13-22)39(37,38)10-9-32-26(36)25(31)35/h1-8,11-13,23-24H,9-10,14-15H2,(H2,31,35)(H,32,36). The highest BCUT2D eigenvalue weighted by atomic mass is 35.5. The second-order valence-corrected chi connectivity index (χ2v) is 11.8. The van der Waals surface area contributed by atoms with Gasteiger partial charge in [0.1, 0.15) is 11.6 Å². The molecule has 13 heteroatoms. The van der Waals surface area contributed by atoms with Crippen molar-refractivity contribution in [2.45, 2.75) is 12.1 Å². The molecule has 39 heavy (non-hydrogen) atoms. The van der Waals surface area contributed by atoms with Gasteiger partial charge in [-0.3, -0.25) is 18.8 Å². The first-order valence-corrected chi connectivity index (χ1v) is 14.1. The number of sulfonamides is 1. The summed E-state index contributed by atoms with van der Waals surface area (Å²) in [5.41, 5.74) is 6.51. The Bertz CT molecular complexity index is 1400. The second kappa shape index (κ2) is 11.9. The molecule has 0 unspecified atom stereocenters. The van der Waals surface area contributed by atoms with E-state index in [1.165, 1.54) is 0 Å². The van der Waals surface area contributed by atoms with Gasteiger partial charge in [-0.1, -0.05) is 47.5 Å². The number of benzene rings is 3. The molecule has 1 aliphatic heterocycles. The third kappa shape index (κ3) is 6.85. The van der Waals surface area contributed by atoms with Crippen molar-refractivity contribution in [2.24, 2.45) is 5.73 Å². The summed E-state index contributed by atoms with van der Waals surface area (Å²) in [5.74, 6) is -4.91. The smallest absolute Gasteiger partial charge is 0.309 e. The Morgan fingerprint density at radius 2 is 1.44 bits per heavy atom. The van der Waals surface area contributed by atoms with Crippen LogP contribution in [0.1, 0.15) is 17.2 Å². The van der Waals surface area contributed by atoms with E-state index in [2.05, 4.69) is 5.32 Å². The van der Waals surface area contributed by atoms with Gasteiger partial charge < -0.3 is 11.1 Å². The number of hydrogen-bond donors (Lipinski definition) is 2. The summed E-state index contributed by atoms with van der Waals surface area (Å²) in [6, 6.07) is 16.0. The van der Waals surface area contributed by atoms with Crippen LogP contribution in [0.2, 0.25) is 10.0 Å². The molecule has 3 aromatic carbocycles. The zero-order valence-electron chi connectivity index (χ0n) is 20.4. The van der Waals surface area contributed by atoms with Crippen LogP contribution in [0.4, 0.5) is 14.5 Å². The SMILES string of the molecule is NC(=O)C(=O)NCCS(=O)(=O)N(c1cc(F)cc(F)c1)C1CN(C(c2ccc(Cl)cc2)c2ccc(Cl)cc2)C1. The molecular formula is C26H24Cl2F2N4O4S. The predicted molar refractivity (Wildman–Crippen MR) is 145 cm³/mol. The normalized spacial score (nSPS) is 14.2. The number of nitrogens with zero attached hydrogens (tertiary/aromatic N) is 2. The second-order valence-electron chi connectivity index (χ2n) is 8.97. The van der Waals surface area contributed by atoms with E-state index in [0.29, 0.717) is 16.1 Å². The van der Waals surface area contributed by atoms with Crippen molar-refractivity contribution in [2.75, 3.05) is 29.7 Å². The first-order chi connectivity index (χ1) is 18.4. The Morgan fingerprint density at radius 1 is 0.949 bits per heavy atom. The van der Waals surface area contributed by atoms with Crippen molar-refractivity contribution in [1.82, 2.24) is 10.2 Å². The minimum atomic E-state index is -4.21. The molecule has 0 atom stereocenters. The molecule has 0 saturated carbocycles. The van der Waals surface area contributed by atoms with Crippen molar-refractivity contribution in [3.05, 3.63) is 99.5 Å². The van der Waals surface area contributed by atoms with Crippen molar-refractivity contribution in [1.29, 1.82) is 0 Å². The van der Waals surface area contributed by atoms with Crippen LogP contribution < -0.4 is 15.4 Å². The highest BCUT2D eigenvalue weighted by Gasteiger charge is 2.42. The van der Waals surface area contributed by atoms with E-state index in [-0.39, 0.29) is 24.8 Å². The number of rotatable bonds is 9. The molecule has 0 spiro atoms. The summed E-state index contributed by atoms with van der Waals surface area (Å²) in [7, 11) is -4.21. The first-order valence-electron chi connectivity index (χ1n) is 11.8. The Morgan fingerprint density at radius 3 is 1.90 bits per heavy atom. The van der Waals surface area contributed by atoms with Crippen LogP contribution in [-0.4, -0.2) is 56.6 Å². The lowest BCUT2D eigenvalue weighted by Crippen LogP contribution is -2.62. The van der Waals surface area contributed by atoms with Gasteiger partial charge in [-0.2, -0.15) is 0 Å². The lowest BCUT2D eigenvalue weighted by Gasteiger charge is -2.49. The average Bonchev–Trinajstić information content (AvgIpc) is 2.83. The van der Waals surface area contributed by atoms with E-state index in [1.807, 2.05) is 29.2 Å². The van der Waals surface area contributed by atoms with E-state index < -0.39 is 51.8 Å². The number of amides is 2. The van der Waals surface area contributed by atoms with Gasteiger partial charge >= 0.3 is 11.8 Å². The molecule has 0 aromatic heterocycles. The van der Waals surface area contributed by atoms with Gasteiger partial charge in [-0.15, -0.1) is 0 Å². The molecule has 0 radical (unpaired) electrons. The molecule has 0 bridgehead atoms. The summed E-state index contributed by atoms with van der Waals surface area (Å²) in [6.45, 7) is 0.0227. The van der Waals surface area contributed by atoms with E-state index in [9.17, 15) is 26.8 Å². The number of hydrogen-bond acceptors (Lipinski definition) is 5. The van der Waals surface area contributed by atoms with Crippen LogP contribution in [0.5, 0.6) is 0 Å². The van der Waals surface area contributed by atoms with E-state index in [4.69, 9.17) is 28.9 Å². The monoisotopic (exact) mass is 596 g/mol. The van der Waals surface area contributed by atoms with Gasteiger partial charge in [0.15, 0.2) is 0 Å². The van der Waals surface area contributed by atoms with Crippen molar-refractivity contribution in [3.63, 3.8) is 0 Å². The average molecular weight is 597 g/mol. The van der Waals surface area contributed by atoms with E-state index in [1.54, 1.807) is 24.3 Å². The number of nitrogens with one attached hydrogen (secondary N) is 1. The van der Waals surface area contributed by atoms with Crippen molar-refractivity contribution in [3.8, 4) is 0 Å². The van der Waals surface area contributed by atoms with Crippen LogP contribution in [0, 0.1) is 11.6 Å². The summed E-state index contributed by atoms with van der Waals surface area (Å²) in [5, 5.41) is 3.24. The van der Waals surface area contributed by atoms with Gasteiger partial charge in [0.05, 0.1) is 23.5 Å². The largest absolute Gasteiger partial charge is 0.361 e. The van der Waals surface area contributed by atoms with E-state index in [0.717, 1.165) is 27.6 Å². The molecular weight excluding hydrogens is 573 g/mol. The number of likely N-dealkylation sites (tertiary alicyclic amines) is 1. The quantitative estimate of drug-likeness (QED) is 0.367. The fourth-order valence-electron chi connectivity index (χ4n) is 4.50. The highest BCUT2D eigenvalue weighted by Crippen LogP contribution is 2.37. The maximum Gasteiger partial charge on any atom is 0.309 e. The zero-order valence-corrected chi connectivity index (χ0v) is 22.7. The molecule has 4 rings (SSSR count). The molecule has 1 aliphatic rings. The highest BCUT2D eigenvalue weighted by molar-refractivity contribution is 7.92. The molecule has 2 amide bonds. The van der Waals surface area contributed by atoms with Gasteiger partial charge in [-0.05, 0) is 47.5 Å².